The maximum atomic E-state index is 11.1. The summed E-state index contributed by atoms with van der Waals surface area (Å²) in [5.74, 6) is -0.869. The van der Waals surface area contributed by atoms with Crippen molar-refractivity contribution in [2.45, 2.75) is 30.5 Å². The summed E-state index contributed by atoms with van der Waals surface area (Å²) in [4.78, 5) is 11.1. The highest BCUT2D eigenvalue weighted by Crippen LogP contribution is 2.21. The molecule has 88 valence electrons. The monoisotopic (exact) mass is 222 g/mol. The van der Waals surface area contributed by atoms with Crippen LogP contribution >= 0.6 is 0 Å². The summed E-state index contributed by atoms with van der Waals surface area (Å²) < 4.78 is 9.24. The number of hydrogen-bond acceptors (Lipinski definition) is 7. The van der Waals surface area contributed by atoms with E-state index in [1.807, 2.05) is 0 Å². The van der Waals surface area contributed by atoms with Crippen LogP contribution in [-0.2, 0) is 14.3 Å². The number of rotatable bonds is 2. The van der Waals surface area contributed by atoms with Crippen LogP contribution in [0, 0.1) is 0 Å². The fourth-order valence-corrected chi connectivity index (χ4v) is 1.41. The Kier molecular flexibility index (Phi) is 4.00. The summed E-state index contributed by atoms with van der Waals surface area (Å²) in [5.41, 5.74) is 0. The third-order valence-corrected chi connectivity index (χ3v) is 2.33. The first-order valence-corrected chi connectivity index (χ1v) is 4.41. The Labute approximate surface area is 85.9 Å². The van der Waals surface area contributed by atoms with Crippen LogP contribution in [0.25, 0.3) is 0 Å². The topological polar surface area (TPSA) is 116 Å². The highest BCUT2D eigenvalue weighted by Gasteiger charge is 2.46. The van der Waals surface area contributed by atoms with E-state index in [2.05, 4.69) is 4.74 Å². The van der Waals surface area contributed by atoms with Crippen LogP contribution in [0.3, 0.4) is 0 Å². The number of methoxy groups -OCH3 is 1. The Hall–Kier alpha value is -0.730. The summed E-state index contributed by atoms with van der Waals surface area (Å²) in [5, 5.41) is 36.9. The van der Waals surface area contributed by atoms with Crippen molar-refractivity contribution in [2.24, 2.45) is 0 Å². The van der Waals surface area contributed by atoms with Crippen LogP contribution in [0.5, 0.6) is 0 Å². The molecular formula is C8H14O7. The Morgan fingerprint density at radius 2 is 1.87 bits per heavy atom. The highest BCUT2D eigenvalue weighted by molar-refractivity contribution is 5.75. The van der Waals surface area contributed by atoms with Crippen molar-refractivity contribution in [3.8, 4) is 0 Å². The molecule has 5 atom stereocenters. The summed E-state index contributed by atoms with van der Waals surface area (Å²) in [6.07, 6.45) is -7.08. The van der Waals surface area contributed by atoms with Crippen molar-refractivity contribution in [3.63, 3.8) is 0 Å². The molecule has 0 spiro atoms. The zero-order valence-electron chi connectivity index (χ0n) is 8.11. The molecule has 1 aliphatic heterocycles. The quantitative estimate of drug-likeness (QED) is 0.368. The molecule has 0 saturated carbocycles. The summed E-state index contributed by atoms with van der Waals surface area (Å²) >= 11 is 0. The Morgan fingerprint density at radius 3 is 2.33 bits per heavy atom. The van der Waals surface area contributed by atoms with Gasteiger partial charge in [0.05, 0.1) is 13.7 Å². The van der Waals surface area contributed by atoms with E-state index in [1.54, 1.807) is 0 Å². The molecule has 1 aliphatic rings. The molecule has 0 aromatic rings. The van der Waals surface area contributed by atoms with Crippen molar-refractivity contribution in [3.05, 3.63) is 0 Å². The number of hydrogen-bond donors (Lipinski definition) is 4. The molecule has 7 nitrogen and oxygen atoms in total. The minimum atomic E-state index is -1.57. The molecule has 1 fully saturated rings. The van der Waals surface area contributed by atoms with E-state index in [4.69, 9.17) is 9.84 Å². The van der Waals surface area contributed by atoms with Crippen LogP contribution in [0.1, 0.15) is 0 Å². The first-order valence-electron chi connectivity index (χ1n) is 4.41. The predicted octanol–water partition coefficient (Wildman–Crippen LogP) is -3.00. The van der Waals surface area contributed by atoms with Gasteiger partial charge in [-0.05, 0) is 0 Å². The van der Waals surface area contributed by atoms with Crippen molar-refractivity contribution in [1.29, 1.82) is 0 Å². The first kappa shape index (κ1) is 12.3. The van der Waals surface area contributed by atoms with Crippen LogP contribution in [0.15, 0.2) is 0 Å². The van der Waals surface area contributed by atoms with E-state index in [-0.39, 0.29) is 0 Å². The Morgan fingerprint density at radius 1 is 1.27 bits per heavy atom. The molecule has 0 unspecified atom stereocenters. The fourth-order valence-electron chi connectivity index (χ4n) is 1.41. The lowest BCUT2D eigenvalue weighted by atomic mass is 9.95. The molecule has 0 aromatic carbocycles. The normalized spacial score (nSPS) is 41.3. The Bertz CT molecular complexity index is 229. The van der Waals surface area contributed by atoms with Gasteiger partial charge in [0.15, 0.2) is 6.10 Å². The maximum absolute atomic E-state index is 11.1. The van der Waals surface area contributed by atoms with E-state index in [0.717, 1.165) is 7.11 Å². The van der Waals surface area contributed by atoms with E-state index >= 15 is 0 Å². The second kappa shape index (κ2) is 4.86. The van der Waals surface area contributed by atoms with Crippen molar-refractivity contribution in [1.82, 2.24) is 0 Å². The number of aliphatic hydroxyl groups is 4. The van der Waals surface area contributed by atoms with Gasteiger partial charge in [-0.1, -0.05) is 0 Å². The summed E-state index contributed by atoms with van der Waals surface area (Å²) in [7, 11) is 1.10. The smallest absolute Gasteiger partial charge is 0.337 e. The zero-order valence-corrected chi connectivity index (χ0v) is 8.11. The third kappa shape index (κ3) is 2.27. The van der Waals surface area contributed by atoms with Gasteiger partial charge in [-0.25, -0.2) is 4.79 Å². The molecule has 1 rings (SSSR count). The third-order valence-electron chi connectivity index (χ3n) is 2.33. The fraction of sp³-hybridized carbons (Fsp3) is 0.875. The lowest BCUT2D eigenvalue weighted by molar-refractivity contribution is -0.234. The minimum Gasteiger partial charge on any atom is -0.467 e. The SMILES string of the molecule is COC(=O)[C@@H]1O[C@H](CO)[C@@H](O)[C@@H](O)[C@@H]1O. The number of aliphatic hydroxyl groups excluding tert-OH is 4. The number of carbonyl (C=O) groups is 1. The molecule has 15 heavy (non-hydrogen) atoms. The van der Waals surface area contributed by atoms with Gasteiger partial charge in [-0.15, -0.1) is 0 Å². The van der Waals surface area contributed by atoms with Gasteiger partial charge in [0.25, 0.3) is 0 Å². The van der Waals surface area contributed by atoms with E-state index < -0.39 is 43.1 Å². The van der Waals surface area contributed by atoms with Gasteiger partial charge in [0.1, 0.15) is 24.4 Å². The number of carbonyl (C=O) groups excluding carboxylic acids is 1. The molecular weight excluding hydrogens is 208 g/mol. The van der Waals surface area contributed by atoms with Crippen molar-refractivity contribution >= 4 is 5.97 Å². The van der Waals surface area contributed by atoms with Gasteiger partial charge >= 0.3 is 5.97 Å². The Balaban J connectivity index is 2.78. The van der Waals surface area contributed by atoms with E-state index in [0.29, 0.717) is 0 Å². The van der Waals surface area contributed by atoms with E-state index in [1.165, 1.54) is 0 Å². The van der Waals surface area contributed by atoms with Crippen LogP contribution in [-0.4, -0.2) is 70.6 Å². The largest absolute Gasteiger partial charge is 0.467 e. The highest BCUT2D eigenvalue weighted by atomic mass is 16.6. The minimum absolute atomic E-state index is 0.571. The average molecular weight is 222 g/mol. The van der Waals surface area contributed by atoms with Crippen molar-refractivity contribution < 1.29 is 34.7 Å². The van der Waals surface area contributed by atoms with Crippen LogP contribution < -0.4 is 0 Å². The molecule has 0 aliphatic carbocycles. The molecule has 1 saturated heterocycles. The molecule has 1 heterocycles. The molecule has 7 heteroatoms. The zero-order chi connectivity index (χ0) is 11.6. The lowest BCUT2D eigenvalue weighted by Gasteiger charge is -2.38. The predicted molar refractivity (Wildman–Crippen MR) is 45.8 cm³/mol. The molecule has 0 bridgehead atoms. The maximum Gasteiger partial charge on any atom is 0.337 e. The first-order chi connectivity index (χ1) is 7.02. The molecule has 0 radical (unpaired) electrons. The van der Waals surface area contributed by atoms with Crippen LogP contribution in [0.4, 0.5) is 0 Å². The van der Waals surface area contributed by atoms with Gasteiger partial charge in [0, 0.05) is 0 Å². The number of ether oxygens (including phenoxy) is 2. The second-order valence-corrected chi connectivity index (χ2v) is 3.27. The van der Waals surface area contributed by atoms with Gasteiger partial charge in [-0.2, -0.15) is 0 Å². The standard InChI is InChI=1S/C8H14O7/c1-14-8(13)7-6(12)5(11)4(10)3(2-9)15-7/h3-7,9-12H,2H2,1H3/t3-,4-,5-,6+,7-/m1/s1. The summed E-state index contributed by atoms with van der Waals surface area (Å²) in [6, 6.07) is 0. The van der Waals surface area contributed by atoms with Gasteiger partial charge in [0.2, 0.25) is 0 Å². The van der Waals surface area contributed by atoms with E-state index in [9.17, 15) is 20.1 Å². The van der Waals surface area contributed by atoms with Gasteiger partial charge in [-0.3, -0.25) is 0 Å². The second-order valence-electron chi connectivity index (χ2n) is 3.27. The lowest BCUT2D eigenvalue weighted by Crippen LogP contribution is -2.60. The van der Waals surface area contributed by atoms with Crippen molar-refractivity contribution in [2.75, 3.05) is 13.7 Å². The van der Waals surface area contributed by atoms with Crippen LogP contribution in [0.2, 0.25) is 0 Å². The molecule has 0 amide bonds. The molecule has 0 aromatic heterocycles. The number of esters is 1. The van der Waals surface area contributed by atoms with Gasteiger partial charge < -0.3 is 29.9 Å². The summed E-state index contributed by atoms with van der Waals surface area (Å²) in [6.45, 7) is -0.571. The molecule has 4 N–H and O–H groups in total. The average Bonchev–Trinajstić information content (AvgIpc) is 2.25.